The van der Waals surface area contributed by atoms with Gasteiger partial charge in [-0.15, -0.1) is 0 Å². The van der Waals surface area contributed by atoms with Crippen molar-refractivity contribution in [2.75, 3.05) is 11.9 Å². The molecular formula is C28H22N6. The summed E-state index contributed by atoms with van der Waals surface area (Å²) in [6.45, 7) is 0.690. The lowest BCUT2D eigenvalue weighted by atomic mass is 9.92. The van der Waals surface area contributed by atoms with Crippen molar-refractivity contribution in [3.8, 4) is 11.4 Å². The highest BCUT2D eigenvalue weighted by molar-refractivity contribution is 5.90. The second-order valence-corrected chi connectivity index (χ2v) is 8.15. The predicted molar refractivity (Wildman–Crippen MR) is 135 cm³/mol. The zero-order valence-corrected chi connectivity index (χ0v) is 18.4. The maximum Gasteiger partial charge on any atom is 0.163 e. The van der Waals surface area contributed by atoms with E-state index in [1.807, 2.05) is 65.6 Å². The molecule has 1 atom stereocenters. The minimum Gasteiger partial charge on any atom is -0.368 e. The van der Waals surface area contributed by atoms with Gasteiger partial charge in [0.15, 0.2) is 5.82 Å². The van der Waals surface area contributed by atoms with E-state index in [-0.39, 0.29) is 5.92 Å². The number of pyridine rings is 2. The Hall–Kier alpha value is -4.58. The van der Waals surface area contributed by atoms with Gasteiger partial charge in [-0.1, -0.05) is 42.5 Å². The molecule has 0 aliphatic carbocycles. The molecule has 0 spiro atoms. The molecular weight excluding hydrogens is 420 g/mol. The summed E-state index contributed by atoms with van der Waals surface area (Å²) < 4.78 is 1.98. The van der Waals surface area contributed by atoms with E-state index in [0.717, 1.165) is 27.9 Å². The van der Waals surface area contributed by atoms with Gasteiger partial charge < -0.3 is 9.72 Å². The van der Waals surface area contributed by atoms with Gasteiger partial charge in [0.25, 0.3) is 0 Å². The van der Waals surface area contributed by atoms with Gasteiger partial charge >= 0.3 is 0 Å². The lowest BCUT2D eigenvalue weighted by Gasteiger charge is -2.20. The van der Waals surface area contributed by atoms with Crippen LogP contribution in [0.4, 0.5) is 5.82 Å². The van der Waals surface area contributed by atoms with E-state index < -0.39 is 0 Å². The van der Waals surface area contributed by atoms with Crippen LogP contribution >= 0.6 is 0 Å². The van der Waals surface area contributed by atoms with Gasteiger partial charge in [0.2, 0.25) is 0 Å². The highest BCUT2D eigenvalue weighted by atomic mass is 15.0. The number of nitrogens with one attached hydrogen (secondary N) is 1. The fraction of sp³-hybridized carbons (Fsp3) is 0.0714. The van der Waals surface area contributed by atoms with Crippen molar-refractivity contribution in [1.29, 1.82) is 0 Å². The van der Waals surface area contributed by atoms with Crippen molar-refractivity contribution in [2.24, 2.45) is 0 Å². The van der Waals surface area contributed by atoms with Crippen LogP contribution in [0, 0.1) is 0 Å². The van der Waals surface area contributed by atoms with Gasteiger partial charge in [-0.3, -0.25) is 4.98 Å². The average Bonchev–Trinajstić information content (AvgIpc) is 3.38. The molecule has 4 heterocycles. The van der Waals surface area contributed by atoms with Gasteiger partial charge in [0.1, 0.15) is 11.5 Å². The molecule has 0 fully saturated rings. The molecule has 6 aromatic rings. The largest absolute Gasteiger partial charge is 0.368 e. The highest BCUT2D eigenvalue weighted by Crippen LogP contribution is 2.28. The van der Waals surface area contributed by atoms with Crippen LogP contribution in [0.2, 0.25) is 0 Å². The maximum absolute atomic E-state index is 4.95. The molecule has 34 heavy (non-hydrogen) atoms. The molecule has 6 heteroatoms. The topological polar surface area (TPSA) is 68.0 Å². The first-order valence-corrected chi connectivity index (χ1v) is 11.2. The number of hydrogen-bond acceptors (Lipinski definition) is 5. The number of fused-ring (bicyclic) bond motifs is 2. The Morgan fingerprint density at radius 3 is 2.44 bits per heavy atom. The Morgan fingerprint density at radius 2 is 1.56 bits per heavy atom. The number of para-hydroxylation sites is 1. The summed E-state index contributed by atoms with van der Waals surface area (Å²) in [6, 6.07) is 26.8. The monoisotopic (exact) mass is 442 g/mol. The zero-order chi connectivity index (χ0) is 22.7. The molecule has 4 aromatic heterocycles. The first-order valence-electron chi connectivity index (χ1n) is 11.2. The van der Waals surface area contributed by atoms with Crippen LogP contribution in [0.5, 0.6) is 0 Å². The lowest BCUT2D eigenvalue weighted by Crippen LogP contribution is -2.15. The molecule has 0 radical (unpaired) electrons. The molecule has 0 bridgehead atoms. The summed E-state index contributed by atoms with van der Waals surface area (Å²) in [4.78, 5) is 18.3. The number of nitrogens with zero attached hydrogens (tertiary/aromatic N) is 5. The van der Waals surface area contributed by atoms with Crippen molar-refractivity contribution in [2.45, 2.75) is 5.92 Å². The van der Waals surface area contributed by atoms with Crippen molar-refractivity contribution < 1.29 is 0 Å². The van der Waals surface area contributed by atoms with Crippen LogP contribution in [0.3, 0.4) is 0 Å². The Labute approximate surface area is 197 Å². The molecule has 0 amide bonds. The van der Waals surface area contributed by atoms with E-state index in [9.17, 15) is 0 Å². The third-order valence-electron chi connectivity index (χ3n) is 6.03. The lowest BCUT2D eigenvalue weighted by molar-refractivity contribution is 0.846. The first kappa shape index (κ1) is 20.1. The number of anilines is 1. The zero-order valence-electron chi connectivity index (χ0n) is 18.4. The molecule has 1 unspecified atom stereocenters. The Morgan fingerprint density at radius 1 is 0.765 bits per heavy atom. The number of benzene rings is 2. The van der Waals surface area contributed by atoms with Crippen LogP contribution in [-0.4, -0.2) is 30.9 Å². The minimum absolute atomic E-state index is 0.156. The molecule has 2 aromatic carbocycles. The molecule has 6 rings (SSSR count). The molecule has 0 saturated carbocycles. The van der Waals surface area contributed by atoms with Crippen molar-refractivity contribution in [3.05, 3.63) is 121 Å². The standard InChI is InChI=1S/C28H22N6/c1-2-6-20(7-3-1)24(21-12-14-29-15-13-21)18-31-28-23-8-4-5-9-25(23)32-27(33-28)22-10-11-26-30-16-17-34(26)19-22/h1-17,19,24H,18H2,(H,31,32,33). The van der Waals surface area contributed by atoms with Gasteiger partial charge in [0, 0.05) is 54.4 Å². The summed E-state index contributed by atoms with van der Waals surface area (Å²) in [7, 11) is 0. The van der Waals surface area contributed by atoms with Crippen LogP contribution in [-0.2, 0) is 0 Å². The number of hydrogen-bond donors (Lipinski definition) is 1. The molecule has 0 aliphatic rings. The summed E-state index contributed by atoms with van der Waals surface area (Å²) >= 11 is 0. The Kier molecular flexibility index (Phi) is 5.16. The Bertz CT molecular complexity index is 1520. The van der Waals surface area contributed by atoms with E-state index in [1.54, 1.807) is 6.20 Å². The van der Waals surface area contributed by atoms with Crippen molar-refractivity contribution in [1.82, 2.24) is 24.3 Å². The number of rotatable bonds is 6. The van der Waals surface area contributed by atoms with Gasteiger partial charge in [0.05, 0.1) is 5.52 Å². The summed E-state index contributed by atoms with van der Waals surface area (Å²) in [5.41, 5.74) is 5.18. The van der Waals surface area contributed by atoms with E-state index in [1.165, 1.54) is 11.1 Å². The van der Waals surface area contributed by atoms with E-state index in [0.29, 0.717) is 12.4 Å². The molecule has 6 nitrogen and oxygen atoms in total. The Balaban J connectivity index is 1.40. The summed E-state index contributed by atoms with van der Waals surface area (Å²) in [5, 5.41) is 4.63. The van der Waals surface area contributed by atoms with E-state index in [2.05, 4.69) is 57.7 Å². The second-order valence-electron chi connectivity index (χ2n) is 8.15. The fourth-order valence-electron chi connectivity index (χ4n) is 4.30. The molecule has 1 N–H and O–H groups in total. The van der Waals surface area contributed by atoms with Gasteiger partial charge in [-0.2, -0.15) is 0 Å². The van der Waals surface area contributed by atoms with E-state index in [4.69, 9.17) is 9.97 Å². The molecule has 0 saturated heterocycles. The predicted octanol–water partition coefficient (Wildman–Crippen LogP) is 5.58. The number of imidazole rings is 1. The van der Waals surface area contributed by atoms with Crippen LogP contribution in [0.1, 0.15) is 17.0 Å². The number of aromatic nitrogens is 5. The van der Waals surface area contributed by atoms with Gasteiger partial charge in [-0.25, -0.2) is 15.0 Å². The van der Waals surface area contributed by atoms with Gasteiger partial charge in [-0.05, 0) is 47.5 Å². The molecule has 0 aliphatic heterocycles. The average molecular weight is 443 g/mol. The van der Waals surface area contributed by atoms with Crippen LogP contribution in [0.15, 0.2) is 110 Å². The highest BCUT2D eigenvalue weighted by Gasteiger charge is 2.16. The third kappa shape index (κ3) is 3.86. The van der Waals surface area contributed by atoms with Crippen molar-refractivity contribution >= 4 is 22.4 Å². The van der Waals surface area contributed by atoms with E-state index >= 15 is 0 Å². The van der Waals surface area contributed by atoms with Crippen LogP contribution in [0.25, 0.3) is 27.9 Å². The SMILES string of the molecule is c1ccc(C(CNc2nc(-c3ccc4nccn4c3)nc3ccccc23)c2ccncc2)cc1. The molecule has 164 valence electrons. The summed E-state index contributed by atoms with van der Waals surface area (Å²) in [5.74, 6) is 1.65. The normalized spacial score (nSPS) is 12.1. The summed E-state index contributed by atoms with van der Waals surface area (Å²) in [6.07, 6.45) is 9.42. The second kappa shape index (κ2) is 8.75. The fourth-order valence-corrected chi connectivity index (χ4v) is 4.30. The minimum atomic E-state index is 0.156. The first-order chi connectivity index (χ1) is 16.8. The van der Waals surface area contributed by atoms with Crippen LogP contribution < -0.4 is 5.32 Å². The quantitative estimate of drug-likeness (QED) is 0.365. The third-order valence-corrected chi connectivity index (χ3v) is 6.03. The maximum atomic E-state index is 4.95. The smallest absolute Gasteiger partial charge is 0.163 e. The van der Waals surface area contributed by atoms with Crippen molar-refractivity contribution in [3.63, 3.8) is 0 Å².